The van der Waals surface area contributed by atoms with Gasteiger partial charge in [-0.1, -0.05) is 18.2 Å². The minimum atomic E-state index is -0.278. The smallest absolute Gasteiger partial charge is 0.291 e. The Balaban J connectivity index is 1.60. The summed E-state index contributed by atoms with van der Waals surface area (Å²) in [5.74, 6) is 2.06. The molecule has 0 radical (unpaired) electrons. The Kier molecular flexibility index (Phi) is 5.81. The molecule has 27 heavy (non-hydrogen) atoms. The van der Waals surface area contributed by atoms with Crippen LogP contribution < -0.4 is 14.8 Å². The van der Waals surface area contributed by atoms with Gasteiger partial charge >= 0.3 is 0 Å². The number of hydrogen-bond acceptors (Lipinski definition) is 4. The van der Waals surface area contributed by atoms with Crippen molar-refractivity contribution in [1.29, 1.82) is 0 Å². The van der Waals surface area contributed by atoms with Crippen molar-refractivity contribution in [3.8, 4) is 11.5 Å². The van der Waals surface area contributed by atoms with Crippen molar-refractivity contribution in [2.45, 2.75) is 27.4 Å². The van der Waals surface area contributed by atoms with E-state index in [1.54, 1.807) is 12.1 Å². The molecule has 0 unspecified atom stereocenters. The molecule has 0 spiro atoms. The van der Waals surface area contributed by atoms with Crippen molar-refractivity contribution >= 4 is 11.6 Å². The first kappa shape index (κ1) is 18.6. The van der Waals surface area contributed by atoms with Crippen molar-refractivity contribution in [2.24, 2.45) is 0 Å². The molecule has 1 N–H and O–H groups in total. The molecule has 0 saturated carbocycles. The van der Waals surface area contributed by atoms with Crippen LogP contribution in [-0.2, 0) is 6.61 Å². The van der Waals surface area contributed by atoms with Crippen LogP contribution in [-0.4, -0.2) is 12.5 Å². The summed E-state index contributed by atoms with van der Waals surface area (Å²) in [5.41, 5.74) is 2.83. The molecule has 1 heterocycles. The number of aryl methyl sites for hydroxylation is 2. The maximum absolute atomic E-state index is 12.4. The number of furan rings is 1. The fourth-order valence-electron chi connectivity index (χ4n) is 2.72. The number of benzene rings is 2. The first-order chi connectivity index (χ1) is 13.1. The van der Waals surface area contributed by atoms with Gasteiger partial charge in [0.15, 0.2) is 5.76 Å². The third-order valence-corrected chi connectivity index (χ3v) is 4.12. The molecule has 0 atom stereocenters. The van der Waals surface area contributed by atoms with E-state index in [2.05, 4.69) is 5.32 Å². The van der Waals surface area contributed by atoms with Gasteiger partial charge in [0, 0.05) is 5.69 Å². The fourth-order valence-corrected chi connectivity index (χ4v) is 2.72. The van der Waals surface area contributed by atoms with Crippen LogP contribution in [0.1, 0.15) is 34.4 Å². The van der Waals surface area contributed by atoms with Crippen LogP contribution in [0.5, 0.6) is 11.5 Å². The molecular weight excluding hydrogens is 342 g/mol. The zero-order chi connectivity index (χ0) is 19.2. The van der Waals surface area contributed by atoms with E-state index in [0.717, 1.165) is 22.6 Å². The molecular formula is C22H23NO4. The van der Waals surface area contributed by atoms with Crippen molar-refractivity contribution < 1.29 is 18.7 Å². The van der Waals surface area contributed by atoms with Crippen molar-refractivity contribution in [3.05, 3.63) is 77.2 Å². The van der Waals surface area contributed by atoms with Gasteiger partial charge in [-0.25, -0.2) is 0 Å². The van der Waals surface area contributed by atoms with E-state index >= 15 is 0 Å². The summed E-state index contributed by atoms with van der Waals surface area (Å²) in [6.45, 7) is 6.72. The second-order valence-electron chi connectivity index (χ2n) is 6.18. The van der Waals surface area contributed by atoms with Crippen LogP contribution >= 0.6 is 0 Å². The first-order valence-corrected chi connectivity index (χ1v) is 8.88. The molecule has 0 saturated heterocycles. The van der Waals surface area contributed by atoms with E-state index in [1.165, 1.54) is 0 Å². The quantitative estimate of drug-likeness (QED) is 0.631. The van der Waals surface area contributed by atoms with Gasteiger partial charge in [0.25, 0.3) is 5.91 Å². The van der Waals surface area contributed by atoms with Crippen LogP contribution in [0.2, 0.25) is 0 Å². The van der Waals surface area contributed by atoms with Crippen molar-refractivity contribution in [3.63, 3.8) is 0 Å². The third-order valence-electron chi connectivity index (χ3n) is 4.12. The molecule has 0 fully saturated rings. The summed E-state index contributed by atoms with van der Waals surface area (Å²) >= 11 is 0. The van der Waals surface area contributed by atoms with Crippen LogP contribution in [0.25, 0.3) is 0 Å². The lowest BCUT2D eigenvalue weighted by Crippen LogP contribution is -2.13. The Morgan fingerprint density at radius 2 is 1.56 bits per heavy atom. The second kappa shape index (κ2) is 8.45. The number of carbonyl (C=O) groups excluding carboxylic acids is 1. The highest BCUT2D eigenvalue weighted by atomic mass is 16.5. The predicted octanol–water partition coefficient (Wildman–Crippen LogP) is 5.13. The minimum absolute atomic E-state index is 0.241. The monoisotopic (exact) mass is 365 g/mol. The summed E-state index contributed by atoms with van der Waals surface area (Å²) in [5, 5.41) is 2.91. The average molecular weight is 365 g/mol. The maximum atomic E-state index is 12.4. The molecule has 0 aliphatic heterocycles. The largest absolute Gasteiger partial charge is 0.494 e. The van der Waals surface area contributed by atoms with E-state index < -0.39 is 0 Å². The zero-order valence-electron chi connectivity index (χ0n) is 15.7. The fraction of sp³-hybridized carbons (Fsp3) is 0.227. The molecule has 3 rings (SSSR count). The van der Waals surface area contributed by atoms with Crippen LogP contribution in [0, 0.1) is 13.8 Å². The van der Waals surface area contributed by atoms with Crippen LogP contribution in [0.4, 0.5) is 5.69 Å². The number of amides is 1. The number of rotatable bonds is 7. The summed E-state index contributed by atoms with van der Waals surface area (Å²) in [6.07, 6.45) is 0. The van der Waals surface area contributed by atoms with E-state index in [1.807, 2.05) is 63.2 Å². The lowest BCUT2D eigenvalue weighted by atomic mass is 10.1. The minimum Gasteiger partial charge on any atom is -0.494 e. The predicted molar refractivity (Wildman–Crippen MR) is 105 cm³/mol. The highest BCUT2D eigenvalue weighted by Crippen LogP contribution is 2.22. The highest BCUT2D eigenvalue weighted by molar-refractivity contribution is 6.03. The molecule has 1 aromatic heterocycles. The summed E-state index contributed by atoms with van der Waals surface area (Å²) in [6, 6.07) is 16.7. The number of ether oxygens (including phenoxy) is 2. The van der Waals surface area contributed by atoms with Gasteiger partial charge in [0.05, 0.1) is 6.61 Å². The van der Waals surface area contributed by atoms with Gasteiger partial charge in [-0.3, -0.25) is 4.79 Å². The van der Waals surface area contributed by atoms with Crippen LogP contribution in [0.15, 0.2) is 59.0 Å². The molecule has 0 aliphatic rings. The van der Waals surface area contributed by atoms with E-state index in [9.17, 15) is 4.79 Å². The number of hydrogen-bond donors (Lipinski definition) is 1. The Morgan fingerprint density at radius 1 is 0.926 bits per heavy atom. The normalized spacial score (nSPS) is 10.5. The summed E-state index contributed by atoms with van der Waals surface area (Å²) in [7, 11) is 0. The number of para-hydroxylation sites is 1. The molecule has 5 nitrogen and oxygen atoms in total. The highest BCUT2D eigenvalue weighted by Gasteiger charge is 2.14. The number of anilines is 1. The molecule has 2 aromatic carbocycles. The molecule has 1 amide bonds. The van der Waals surface area contributed by atoms with Gasteiger partial charge in [-0.2, -0.15) is 0 Å². The topological polar surface area (TPSA) is 60.7 Å². The molecule has 140 valence electrons. The van der Waals surface area contributed by atoms with Crippen molar-refractivity contribution in [2.75, 3.05) is 11.9 Å². The second-order valence-corrected chi connectivity index (χ2v) is 6.18. The SMILES string of the molecule is CCOc1ccc(OCc2ccc(C(=O)Nc3c(C)cccc3C)o2)cc1. The van der Waals surface area contributed by atoms with E-state index in [-0.39, 0.29) is 18.3 Å². The molecule has 0 aliphatic carbocycles. The van der Waals surface area contributed by atoms with Gasteiger partial charge in [-0.15, -0.1) is 0 Å². The molecule has 0 bridgehead atoms. The van der Waals surface area contributed by atoms with Gasteiger partial charge in [0.2, 0.25) is 0 Å². The average Bonchev–Trinajstić information content (AvgIpc) is 3.14. The van der Waals surface area contributed by atoms with E-state index in [0.29, 0.717) is 18.1 Å². The lowest BCUT2D eigenvalue weighted by molar-refractivity contribution is 0.0992. The molecule has 5 heteroatoms. The Bertz CT molecular complexity index is 892. The van der Waals surface area contributed by atoms with Gasteiger partial charge < -0.3 is 19.2 Å². The van der Waals surface area contributed by atoms with Crippen LogP contribution in [0.3, 0.4) is 0 Å². The Hall–Kier alpha value is -3.21. The molecule has 3 aromatic rings. The lowest BCUT2D eigenvalue weighted by Gasteiger charge is -2.10. The number of nitrogens with one attached hydrogen (secondary N) is 1. The van der Waals surface area contributed by atoms with Gasteiger partial charge in [0.1, 0.15) is 23.9 Å². The van der Waals surface area contributed by atoms with Crippen molar-refractivity contribution in [1.82, 2.24) is 0 Å². The Labute approximate surface area is 158 Å². The van der Waals surface area contributed by atoms with Gasteiger partial charge in [-0.05, 0) is 68.3 Å². The zero-order valence-corrected chi connectivity index (χ0v) is 15.7. The summed E-state index contributed by atoms with van der Waals surface area (Å²) in [4.78, 5) is 12.4. The Morgan fingerprint density at radius 3 is 2.19 bits per heavy atom. The summed E-state index contributed by atoms with van der Waals surface area (Å²) < 4.78 is 16.7. The van der Waals surface area contributed by atoms with E-state index in [4.69, 9.17) is 13.9 Å². The standard InChI is InChI=1S/C22H23NO4/c1-4-25-17-8-10-18(11-9-17)26-14-19-12-13-20(27-19)22(24)23-21-15(2)6-5-7-16(21)3/h5-13H,4,14H2,1-3H3,(H,23,24). The number of carbonyl (C=O) groups is 1. The first-order valence-electron chi connectivity index (χ1n) is 8.88. The third kappa shape index (κ3) is 4.70. The maximum Gasteiger partial charge on any atom is 0.291 e.